The Hall–Kier alpha value is -3.40. The van der Waals surface area contributed by atoms with Crippen LogP contribution in [-0.2, 0) is 11.2 Å². The van der Waals surface area contributed by atoms with E-state index < -0.39 is 17.6 Å². The van der Waals surface area contributed by atoms with Crippen LogP contribution in [-0.4, -0.2) is 47.3 Å². The van der Waals surface area contributed by atoms with Gasteiger partial charge in [-0.05, 0) is 43.5 Å². The maximum absolute atomic E-state index is 12.9. The number of hydrogen-bond acceptors (Lipinski definition) is 7. The minimum atomic E-state index is -1.10. The Balaban J connectivity index is 1.72. The van der Waals surface area contributed by atoms with Gasteiger partial charge in [0.1, 0.15) is 15.7 Å². The molecule has 0 saturated heterocycles. The fraction of sp³-hybridized carbons (Fsp3) is 0.333. The van der Waals surface area contributed by atoms with Crippen LogP contribution in [0.15, 0.2) is 29.3 Å². The zero-order valence-corrected chi connectivity index (χ0v) is 18.4. The Labute approximate surface area is 182 Å². The summed E-state index contributed by atoms with van der Waals surface area (Å²) >= 11 is 0.948. The molecule has 0 aliphatic carbocycles. The summed E-state index contributed by atoms with van der Waals surface area (Å²) in [6.45, 7) is 3.54. The Kier molecular flexibility index (Phi) is 6.59. The molecule has 3 rings (SSSR count). The summed E-state index contributed by atoms with van der Waals surface area (Å²) in [6, 6.07) is 4.73. The molecule has 9 nitrogen and oxygen atoms in total. The lowest BCUT2D eigenvalue weighted by molar-refractivity contribution is -0.123. The number of carbonyl (C=O) groups is 2. The third-order valence-corrected chi connectivity index (χ3v) is 6.22. The molecule has 0 radical (unpaired) electrons. The van der Waals surface area contributed by atoms with E-state index in [9.17, 15) is 19.5 Å². The summed E-state index contributed by atoms with van der Waals surface area (Å²) in [5.74, 6) is -0.207. The first kappa shape index (κ1) is 22.3. The third-order valence-electron chi connectivity index (χ3n) is 5.03. The highest BCUT2D eigenvalue weighted by Crippen LogP contribution is 2.28. The Bertz CT molecular complexity index is 1200. The number of carbonyl (C=O) groups excluding carboxylic acids is 1. The second kappa shape index (κ2) is 9.17. The number of benzene rings is 1. The van der Waals surface area contributed by atoms with Gasteiger partial charge in [0.25, 0.3) is 5.56 Å². The molecule has 1 atom stereocenters. The SMILES string of the molecule is COc1ccc(CCNC(=O)C(C)n2cnc3sc(C(=O)O)c(C)c3c2=O)cc1OC. The quantitative estimate of drug-likeness (QED) is 0.546. The molecule has 10 heteroatoms. The summed E-state index contributed by atoms with van der Waals surface area (Å²) in [5.41, 5.74) is 0.884. The fourth-order valence-electron chi connectivity index (χ4n) is 3.26. The summed E-state index contributed by atoms with van der Waals surface area (Å²) in [7, 11) is 3.12. The van der Waals surface area contributed by atoms with Crippen molar-refractivity contribution in [1.82, 2.24) is 14.9 Å². The average molecular weight is 445 g/mol. The van der Waals surface area contributed by atoms with Crippen molar-refractivity contribution in [3.05, 3.63) is 50.9 Å². The topological polar surface area (TPSA) is 120 Å². The lowest BCUT2D eigenvalue weighted by Crippen LogP contribution is -2.36. The van der Waals surface area contributed by atoms with E-state index in [1.807, 2.05) is 12.1 Å². The number of aromatic carboxylic acids is 1. The van der Waals surface area contributed by atoms with Crippen LogP contribution in [0.3, 0.4) is 0 Å². The molecule has 0 bridgehead atoms. The number of fused-ring (bicyclic) bond motifs is 1. The minimum Gasteiger partial charge on any atom is -0.493 e. The van der Waals surface area contributed by atoms with E-state index in [-0.39, 0.29) is 16.2 Å². The molecule has 2 heterocycles. The van der Waals surface area contributed by atoms with Gasteiger partial charge in [-0.1, -0.05) is 6.07 Å². The highest BCUT2D eigenvalue weighted by atomic mass is 32.1. The lowest BCUT2D eigenvalue weighted by atomic mass is 10.1. The third kappa shape index (κ3) is 4.38. The van der Waals surface area contributed by atoms with Crippen LogP contribution in [0.4, 0.5) is 0 Å². The van der Waals surface area contributed by atoms with Gasteiger partial charge in [-0.3, -0.25) is 14.2 Å². The maximum Gasteiger partial charge on any atom is 0.346 e. The number of ether oxygens (including phenoxy) is 2. The first-order valence-corrected chi connectivity index (χ1v) is 10.3. The number of hydrogen-bond donors (Lipinski definition) is 2. The van der Waals surface area contributed by atoms with Gasteiger partial charge in [0, 0.05) is 6.54 Å². The minimum absolute atomic E-state index is 0.0735. The second-order valence-corrected chi connectivity index (χ2v) is 7.90. The van der Waals surface area contributed by atoms with Crippen molar-refractivity contribution in [2.75, 3.05) is 20.8 Å². The Morgan fingerprint density at radius 3 is 2.61 bits per heavy atom. The van der Waals surface area contributed by atoms with Crippen molar-refractivity contribution >= 4 is 33.4 Å². The van der Waals surface area contributed by atoms with Gasteiger partial charge in [0.2, 0.25) is 5.91 Å². The number of aromatic nitrogens is 2. The molecule has 31 heavy (non-hydrogen) atoms. The van der Waals surface area contributed by atoms with Crippen LogP contribution in [0, 0.1) is 6.92 Å². The lowest BCUT2D eigenvalue weighted by Gasteiger charge is -2.15. The van der Waals surface area contributed by atoms with Gasteiger partial charge < -0.3 is 19.9 Å². The summed E-state index contributed by atoms with van der Waals surface area (Å²) in [5, 5.41) is 12.3. The maximum atomic E-state index is 12.9. The molecule has 1 unspecified atom stereocenters. The van der Waals surface area contributed by atoms with E-state index in [0.29, 0.717) is 34.9 Å². The summed E-state index contributed by atoms with van der Waals surface area (Å²) in [4.78, 5) is 41.4. The predicted molar refractivity (Wildman–Crippen MR) is 117 cm³/mol. The highest BCUT2D eigenvalue weighted by Gasteiger charge is 2.22. The Morgan fingerprint density at radius 2 is 1.97 bits per heavy atom. The number of rotatable bonds is 8. The molecule has 3 aromatic rings. The van der Waals surface area contributed by atoms with E-state index >= 15 is 0 Å². The van der Waals surface area contributed by atoms with Gasteiger partial charge in [-0.25, -0.2) is 9.78 Å². The number of thiophene rings is 1. The van der Waals surface area contributed by atoms with Crippen molar-refractivity contribution in [1.29, 1.82) is 0 Å². The number of aryl methyl sites for hydroxylation is 1. The Morgan fingerprint density at radius 1 is 1.26 bits per heavy atom. The standard InChI is InChI=1S/C21H23N3O6S/c1-11-16-19(31-17(11)21(27)28)23-10-24(20(16)26)12(2)18(25)22-8-7-13-5-6-14(29-3)15(9-13)30-4/h5-6,9-10,12H,7-8H2,1-4H3,(H,22,25)(H,27,28). The highest BCUT2D eigenvalue weighted by molar-refractivity contribution is 7.20. The van der Waals surface area contributed by atoms with Crippen molar-refractivity contribution in [2.24, 2.45) is 0 Å². The largest absolute Gasteiger partial charge is 0.493 e. The van der Waals surface area contributed by atoms with Crippen LogP contribution in [0.2, 0.25) is 0 Å². The normalized spacial score (nSPS) is 11.9. The number of carboxylic acid groups (broad SMARTS) is 1. The molecule has 0 aliphatic heterocycles. The predicted octanol–water partition coefficient (Wildman–Crippen LogP) is 2.40. The molecule has 1 amide bonds. The van der Waals surface area contributed by atoms with E-state index in [1.54, 1.807) is 34.1 Å². The van der Waals surface area contributed by atoms with Gasteiger partial charge in [0.05, 0.1) is 25.9 Å². The first-order chi connectivity index (χ1) is 14.8. The van der Waals surface area contributed by atoms with E-state index in [4.69, 9.17) is 9.47 Å². The molecule has 2 N–H and O–H groups in total. The molecule has 164 valence electrons. The van der Waals surface area contributed by atoms with E-state index in [2.05, 4.69) is 10.3 Å². The number of nitrogens with one attached hydrogen (secondary N) is 1. The van der Waals surface area contributed by atoms with Crippen molar-refractivity contribution in [3.8, 4) is 11.5 Å². The second-order valence-electron chi connectivity index (χ2n) is 6.90. The van der Waals surface area contributed by atoms with Crippen LogP contribution >= 0.6 is 11.3 Å². The first-order valence-electron chi connectivity index (χ1n) is 9.50. The summed E-state index contributed by atoms with van der Waals surface area (Å²) < 4.78 is 11.7. The van der Waals surface area contributed by atoms with Gasteiger partial charge in [-0.15, -0.1) is 11.3 Å². The monoisotopic (exact) mass is 445 g/mol. The molecular weight excluding hydrogens is 422 g/mol. The van der Waals surface area contributed by atoms with Crippen molar-refractivity contribution in [2.45, 2.75) is 26.3 Å². The van der Waals surface area contributed by atoms with Crippen LogP contribution in [0.5, 0.6) is 11.5 Å². The smallest absolute Gasteiger partial charge is 0.346 e. The molecule has 0 fully saturated rings. The number of methoxy groups -OCH3 is 2. The van der Waals surface area contributed by atoms with Crippen LogP contribution in [0.1, 0.15) is 33.8 Å². The molecule has 2 aromatic heterocycles. The summed E-state index contributed by atoms with van der Waals surface area (Å²) in [6.07, 6.45) is 1.85. The molecular formula is C21H23N3O6S. The zero-order valence-electron chi connectivity index (χ0n) is 17.6. The van der Waals surface area contributed by atoms with Gasteiger partial charge >= 0.3 is 5.97 Å². The van der Waals surface area contributed by atoms with E-state index in [1.165, 1.54) is 10.9 Å². The fourth-order valence-corrected chi connectivity index (χ4v) is 4.24. The number of amides is 1. The average Bonchev–Trinajstić information content (AvgIpc) is 3.10. The van der Waals surface area contributed by atoms with E-state index in [0.717, 1.165) is 16.9 Å². The van der Waals surface area contributed by atoms with Gasteiger partial charge in [0.15, 0.2) is 11.5 Å². The van der Waals surface area contributed by atoms with Gasteiger partial charge in [-0.2, -0.15) is 0 Å². The van der Waals surface area contributed by atoms with Crippen LogP contribution in [0.25, 0.3) is 10.2 Å². The molecule has 0 saturated carbocycles. The molecule has 0 aliphatic rings. The molecule has 1 aromatic carbocycles. The number of nitrogens with zero attached hydrogens (tertiary/aromatic N) is 2. The zero-order chi connectivity index (χ0) is 22.7. The number of carboxylic acids is 1. The molecule has 0 spiro atoms. The van der Waals surface area contributed by atoms with Crippen molar-refractivity contribution < 1.29 is 24.2 Å². The van der Waals surface area contributed by atoms with Crippen molar-refractivity contribution in [3.63, 3.8) is 0 Å². The van der Waals surface area contributed by atoms with Crippen LogP contribution < -0.4 is 20.3 Å².